The van der Waals surface area contributed by atoms with Crippen LogP contribution in [0.5, 0.6) is 0 Å². The average Bonchev–Trinajstić information content (AvgIpc) is 2.04. The minimum absolute atomic E-state index is 1.00. The van der Waals surface area contributed by atoms with Gasteiger partial charge in [-0.15, -0.1) is 10.7 Å². The summed E-state index contributed by atoms with van der Waals surface area (Å²) in [6, 6.07) is 0. The maximum absolute atomic E-state index is 11.1. The topological polar surface area (TPSA) is 148 Å². The molecule has 2 N–H and O–H groups in total. The summed E-state index contributed by atoms with van der Waals surface area (Å²) in [7, 11) is 0. The quantitative estimate of drug-likeness (QED) is 0.424. The predicted octanol–water partition coefficient (Wildman–Crippen LogP) is 0.533. The molecule has 0 amide bonds. The summed E-state index contributed by atoms with van der Waals surface area (Å²) in [5.41, 5.74) is 0. The third-order valence-electron chi connectivity index (χ3n) is 0.338. The number of carbonyl (C=O) groups excluding carboxylic acids is 1. The second-order valence-corrected chi connectivity index (χ2v) is 2.54. The molecule has 82 valence electrons. The number of nitrogens with zero attached hydrogens (tertiary/aromatic N) is 2. The van der Waals surface area contributed by atoms with Crippen LogP contribution in [0.25, 0.3) is 0 Å². The van der Waals surface area contributed by atoms with Crippen LogP contribution in [0, 0.1) is 20.2 Å². The molecule has 0 aliphatic heterocycles. The first kappa shape index (κ1) is 18.6. The van der Waals surface area contributed by atoms with E-state index < -0.39 is 29.2 Å². The van der Waals surface area contributed by atoms with Gasteiger partial charge in [-0.05, 0) is 0 Å². The maximum atomic E-state index is 11.1. The van der Waals surface area contributed by atoms with E-state index in [1.165, 1.54) is 0 Å². The summed E-state index contributed by atoms with van der Waals surface area (Å²) in [6.07, 6.45) is -4.70. The van der Waals surface area contributed by atoms with Gasteiger partial charge in [-0.1, -0.05) is 0 Å². The summed E-state index contributed by atoms with van der Waals surface area (Å²) in [5.74, 6) is 0. The van der Waals surface area contributed by atoms with E-state index in [9.17, 15) is 18.0 Å². The van der Waals surface area contributed by atoms with E-state index in [4.69, 9.17) is 20.2 Å². The second kappa shape index (κ2) is 11.9. The molecule has 0 heterocycles. The van der Waals surface area contributed by atoms with Crippen molar-refractivity contribution in [3.63, 3.8) is 0 Å². The van der Waals surface area contributed by atoms with E-state index in [-0.39, 0.29) is 0 Å². The molecule has 0 fully saturated rings. The fourth-order valence-corrected chi connectivity index (χ4v) is 0.395. The molecule has 0 rings (SSSR count). The molecule has 0 aliphatic carbocycles. The summed E-state index contributed by atoms with van der Waals surface area (Å²) < 4.78 is 35.9. The predicted molar refractivity (Wildman–Crippen MR) is 33.6 cm³/mol. The van der Waals surface area contributed by atoms with Crippen LogP contribution >= 0.6 is 0 Å². The van der Waals surface area contributed by atoms with Crippen molar-refractivity contribution in [3.05, 3.63) is 20.2 Å². The zero-order valence-electron chi connectivity index (χ0n) is 6.06. The van der Waals surface area contributed by atoms with Crippen molar-refractivity contribution in [2.75, 3.05) is 0 Å². The van der Waals surface area contributed by atoms with Crippen LogP contribution in [0.15, 0.2) is 10.7 Å². The van der Waals surface area contributed by atoms with Gasteiger partial charge in [-0.25, -0.2) is 0 Å². The van der Waals surface area contributed by atoms with E-state index >= 15 is 0 Å². The standard InChI is InChI=1S/C2F3O.Mo.2HNO2.H2N/c3-2(4,5)1-6;;2*2-1-3;/h;;2*(H,2,3);1H2/q;+3;;;-1/p-2. The Morgan fingerprint density at radius 2 is 1.43 bits per heavy atom. The van der Waals surface area contributed by atoms with Gasteiger partial charge in [-0.2, -0.15) is 0 Å². The van der Waals surface area contributed by atoms with E-state index in [1.54, 1.807) is 0 Å². The summed E-state index contributed by atoms with van der Waals surface area (Å²) in [4.78, 5) is 25.6. The fourth-order valence-electron chi connectivity index (χ4n) is 0.0668. The van der Waals surface area contributed by atoms with Gasteiger partial charge in [0.05, 0.1) is 0 Å². The van der Waals surface area contributed by atoms with Crippen LogP contribution in [0.4, 0.5) is 13.2 Å². The number of rotatable bonds is 1. The van der Waals surface area contributed by atoms with Crippen molar-refractivity contribution in [2.24, 2.45) is 15.0 Å². The van der Waals surface area contributed by atoms with E-state index in [0.717, 1.165) is 10.7 Å². The molecule has 0 aromatic heterocycles. The molecule has 0 saturated carbocycles. The minimum atomic E-state index is -4.70. The molecule has 0 radical (unpaired) electrons. The van der Waals surface area contributed by atoms with Crippen molar-refractivity contribution in [2.45, 2.75) is 6.18 Å². The molecule has 0 bridgehead atoms. The average molecular weight is 301 g/mol. The van der Waals surface area contributed by atoms with Gasteiger partial charge in [0.2, 0.25) is 0 Å². The SMILES string of the molecule is O=N[O-].O=N[O-].[NH2][Mo+2][C](=O)C(F)(F)F. The molecule has 0 saturated heterocycles. The number of alkyl halides is 3. The Bertz CT molecular complexity index is 168. The van der Waals surface area contributed by atoms with Crippen LogP contribution in [-0.2, 0) is 23.6 Å². The number of carbonyl (C=O) groups is 1. The molecule has 12 heteroatoms. The van der Waals surface area contributed by atoms with E-state index in [2.05, 4.69) is 4.29 Å². The number of nitrogens with two attached hydrogens (primary N) is 1. The van der Waals surface area contributed by atoms with Crippen molar-refractivity contribution in [1.82, 2.24) is 0 Å². The molecule has 0 unspecified atom stereocenters. The molecule has 8 nitrogen and oxygen atoms in total. The number of hydrogen-bond acceptors (Lipinski definition) is 8. The normalized spacial score (nSPS) is 8.00. The molecular formula is C2H2F3MoN3O5. The van der Waals surface area contributed by atoms with E-state index in [1.807, 2.05) is 0 Å². The number of hydrogen-bond donors (Lipinski definition) is 1. The molecule has 0 spiro atoms. The first-order chi connectivity index (χ1) is 6.31. The van der Waals surface area contributed by atoms with Gasteiger partial charge >= 0.3 is 51.4 Å². The van der Waals surface area contributed by atoms with Gasteiger partial charge in [0, 0.05) is 0 Å². The summed E-state index contributed by atoms with van der Waals surface area (Å²) >= 11 is -1.96. The molecular weight excluding hydrogens is 299 g/mol. The van der Waals surface area contributed by atoms with Gasteiger partial charge in [0.15, 0.2) is 0 Å². The second-order valence-electron chi connectivity index (χ2n) is 1.05. The van der Waals surface area contributed by atoms with Gasteiger partial charge in [-0.3, -0.25) is 0 Å². The molecule has 0 aliphatic rings. The Kier molecular flexibility index (Phi) is 15.9. The Balaban J connectivity index is -0.000000168. The Hall–Kier alpha value is -1.09. The third kappa shape index (κ3) is 22.4. The zero-order valence-corrected chi connectivity index (χ0v) is 8.06. The van der Waals surface area contributed by atoms with Crippen LogP contribution in [0.2, 0.25) is 0 Å². The van der Waals surface area contributed by atoms with Crippen molar-refractivity contribution in [1.29, 1.82) is 0 Å². The Morgan fingerprint density at radius 1 is 1.21 bits per heavy atom. The monoisotopic (exact) mass is 303 g/mol. The Morgan fingerprint density at radius 3 is 1.43 bits per heavy atom. The van der Waals surface area contributed by atoms with Gasteiger partial charge < -0.3 is 20.2 Å². The zero-order chi connectivity index (χ0) is 12.2. The molecule has 0 atom stereocenters. The van der Waals surface area contributed by atoms with Crippen molar-refractivity contribution < 1.29 is 36.8 Å². The first-order valence-electron chi connectivity index (χ1n) is 2.19. The number of halogens is 3. The van der Waals surface area contributed by atoms with E-state index in [0.29, 0.717) is 0 Å². The molecule has 0 aromatic rings. The Labute approximate surface area is 83.0 Å². The van der Waals surface area contributed by atoms with Crippen LogP contribution in [-0.4, -0.2) is 10.3 Å². The van der Waals surface area contributed by atoms with Crippen LogP contribution in [0.1, 0.15) is 0 Å². The van der Waals surface area contributed by atoms with Crippen molar-refractivity contribution in [3.8, 4) is 0 Å². The molecule has 14 heavy (non-hydrogen) atoms. The summed E-state index contributed by atoms with van der Waals surface area (Å²) in [6.45, 7) is 0. The fraction of sp³-hybridized carbons (Fsp3) is 0.500. The van der Waals surface area contributed by atoms with Crippen molar-refractivity contribution >= 4 is 4.17 Å². The first-order valence-corrected chi connectivity index (χ1v) is 4.35. The summed E-state index contributed by atoms with van der Waals surface area (Å²) in [5, 5.41) is 18.0. The third-order valence-corrected chi connectivity index (χ3v) is 1.43. The van der Waals surface area contributed by atoms with Gasteiger partial charge in [0.1, 0.15) is 0 Å². The van der Waals surface area contributed by atoms with Gasteiger partial charge in [0.25, 0.3) is 0 Å². The molecule has 0 aromatic carbocycles. The van der Waals surface area contributed by atoms with Crippen LogP contribution < -0.4 is 4.29 Å². The van der Waals surface area contributed by atoms with Crippen LogP contribution in [0.3, 0.4) is 0 Å².